The van der Waals surface area contributed by atoms with Gasteiger partial charge in [-0.2, -0.15) is 18.3 Å². The molecule has 1 atom stereocenters. The van der Waals surface area contributed by atoms with Gasteiger partial charge in [0.2, 0.25) is 0 Å². The van der Waals surface area contributed by atoms with Crippen molar-refractivity contribution < 1.29 is 27.8 Å². The summed E-state index contributed by atoms with van der Waals surface area (Å²) in [6.45, 7) is 0.627. The number of esters is 1. The summed E-state index contributed by atoms with van der Waals surface area (Å²) in [4.78, 5) is 14.0. The van der Waals surface area contributed by atoms with E-state index in [0.717, 1.165) is 11.1 Å². The van der Waals surface area contributed by atoms with Crippen molar-refractivity contribution in [3.63, 3.8) is 0 Å². The molecule has 10 heteroatoms. The monoisotopic (exact) mass is 526 g/mol. The van der Waals surface area contributed by atoms with Crippen molar-refractivity contribution >= 4 is 22.6 Å². The first-order valence-electron chi connectivity index (χ1n) is 11.9. The van der Waals surface area contributed by atoms with Crippen LogP contribution in [0.15, 0.2) is 72.9 Å². The van der Waals surface area contributed by atoms with E-state index in [9.17, 15) is 23.1 Å². The Bertz CT molecular complexity index is 1420. The second kappa shape index (κ2) is 10.8. The summed E-state index contributed by atoms with van der Waals surface area (Å²) in [7, 11) is 2.94. The smallest absolute Gasteiger partial charge is 0.420 e. The maximum Gasteiger partial charge on any atom is 0.420 e. The molecule has 0 fully saturated rings. The van der Waals surface area contributed by atoms with Crippen LogP contribution in [0.4, 0.5) is 18.9 Å². The second-order valence-corrected chi connectivity index (χ2v) is 9.53. The van der Waals surface area contributed by atoms with Gasteiger partial charge >= 0.3 is 12.1 Å². The van der Waals surface area contributed by atoms with Crippen LogP contribution in [0.2, 0.25) is 0 Å². The standard InChI is InChI=1S/C28H29F3N4O3/c1-19-12-24(32-17-27(37,18-34(2)3)28(29,30)31)23-15-33-35(25(23)13-19)22-11-7-10-21(14-22)26(36)38-16-20-8-5-4-6-9-20/h4-15,32,37H,16-18H2,1-3H3. The fourth-order valence-corrected chi connectivity index (χ4v) is 4.20. The molecule has 1 heterocycles. The largest absolute Gasteiger partial charge is 0.457 e. The number of hydrogen-bond donors (Lipinski definition) is 2. The Balaban J connectivity index is 1.60. The number of nitrogens with zero attached hydrogens (tertiary/aromatic N) is 3. The molecule has 2 N–H and O–H groups in total. The van der Waals surface area contributed by atoms with Crippen molar-refractivity contribution in [3.8, 4) is 5.69 Å². The van der Waals surface area contributed by atoms with E-state index in [2.05, 4.69) is 10.4 Å². The Morgan fingerprint density at radius 3 is 2.50 bits per heavy atom. The predicted octanol–water partition coefficient (Wildman–Crippen LogP) is 4.96. The molecule has 0 bridgehead atoms. The van der Waals surface area contributed by atoms with Crippen molar-refractivity contribution in [1.29, 1.82) is 0 Å². The van der Waals surface area contributed by atoms with Crippen molar-refractivity contribution in [1.82, 2.24) is 14.7 Å². The number of ether oxygens (including phenoxy) is 1. The molecule has 7 nitrogen and oxygen atoms in total. The number of halogens is 3. The molecule has 4 rings (SSSR count). The molecular weight excluding hydrogens is 497 g/mol. The van der Waals surface area contributed by atoms with Crippen LogP contribution < -0.4 is 5.32 Å². The van der Waals surface area contributed by atoms with E-state index >= 15 is 0 Å². The van der Waals surface area contributed by atoms with E-state index in [1.165, 1.54) is 25.2 Å². The lowest BCUT2D eigenvalue weighted by Crippen LogP contribution is -2.56. The van der Waals surface area contributed by atoms with Crippen LogP contribution in [0.3, 0.4) is 0 Å². The first kappa shape index (κ1) is 27.2. The van der Waals surface area contributed by atoms with Gasteiger partial charge in [-0.3, -0.25) is 0 Å². The Labute approximate surface area is 218 Å². The summed E-state index contributed by atoms with van der Waals surface area (Å²) in [5.74, 6) is -0.488. The zero-order valence-electron chi connectivity index (χ0n) is 21.3. The van der Waals surface area contributed by atoms with Crippen LogP contribution in [-0.4, -0.2) is 64.7 Å². The molecule has 0 spiro atoms. The highest BCUT2D eigenvalue weighted by molar-refractivity contribution is 5.94. The summed E-state index contributed by atoms with van der Waals surface area (Å²) in [5.41, 5.74) is 0.669. The minimum Gasteiger partial charge on any atom is -0.457 e. The molecule has 0 saturated heterocycles. The Morgan fingerprint density at radius 1 is 1.08 bits per heavy atom. The molecule has 0 aliphatic carbocycles. The van der Waals surface area contributed by atoms with E-state index in [-0.39, 0.29) is 6.61 Å². The third kappa shape index (κ3) is 5.98. The van der Waals surface area contributed by atoms with Gasteiger partial charge < -0.3 is 20.1 Å². The Morgan fingerprint density at radius 2 is 1.82 bits per heavy atom. The van der Waals surface area contributed by atoms with Crippen LogP contribution in [0.1, 0.15) is 21.5 Å². The number of anilines is 1. The van der Waals surface area contributed by atoms with Crippen molar-refractivity contribution in [2.24, 2.45) is 0 Å². The molecule has 0 aliphatic rings. The summed E-state index contributed by atoms with van der Waals surface area (Å²) in [5, 5.41) is 18.2. The molecule has 1 aromatic heterocycles. The molecule has 4 aromatic rings. The number of fused-ring (bicyclic) bond motifs is 1. The maximum atomic E-state index is 13.7. The summed E-state index contributed by atoms with van der Waals surface area (Å²) in [6.07, 6.45) is -3.29. The van der Waals surface area contributed by atoms with Crippen LogP contribution in [0, 0.1) is 6.92 Å². The lowest BCUT2D eigenvalue weighted by atomic mass is 10.0. The normalized spacial score (nSPS) is 13.5. The minimum absolute atomic E-state index is 0.140. The number of hydrogen-bond acceptors (Lipinski definition) is 6. The highest BCUT2D eigenvalue weighted by Crippen LogP contribution is 2.33. The van der Waals surface area contributed by atoms with E-state index in [4.69, 9.17) is 4.74 Å². The number of aromatic nitrogens is 2. The van der Waals surface area contributed by atoms with E-state index in [1.807, 2.05) is 43.3 Å². The van der Waals surface area contributed by atoms with Crippen molar-refractivity contribution in [2.45, 2.75) is 25.3 Å². The fourth-order valence-electron chi connectivity index (χ4n) is 4.20. The number of benzene rings is 3. The number of aliphatic hydroxyl groups is 1. The average Bonchev–Trinajstić information content (AvgIpc) is 3.29. The third-order valence-corrected chi connectivity index (χ3v) is 6.05. The Kier molecular flexibility index (Phi) is 7.75. The number of likely N-dealkylation sites (N-methyl/N-ethyl adjacent to an activating group) is 1. The average molecular weight is 527 g/mol. The van der Waals surface area contributed by atoms with Gasteiger partial charge in [-0.15, -0.1) is 0 Å². The van der Waals surface area contributed by atoms with Crippen molar-refractivity contribution in [2.75, 3.05) is 32.5 Å². The summed E-state index contributed by atoms with van der Waals surface area (Å²) >= 11 is 0. The molecule has 200 valence electrons. The highest BCUT2D eigenvalue weighted by Gasteiger charge is 2.53. The van der Waals surface area contributed by atoms with E-state index in [0.29, 0.717) is 27.8 Å². The fraction of sp³-hybridized carbons (Fsp3) is 0.286. The van der Waals surface area contributed by atoms with Crippen LogP contribution in [-0.2, 0) is 11.3 Å². The van der Waals surface area contributed by atoms with Gasteiger partial charge in [0.1, 0.15) is 6.61 Å². The van der Waals surface area contributed by atoms with Gasteiger partial charge in [0, 0.05) is 17.6 Å². The number of alkyl halides is 3. The maximum absolute atomic E-state index is 13.7. The van der Waals surface area contributed by atoms with Gasteiger partial charge in [-0.1, -0.05) is 36.4 Å². The van der Waals surface area contributed by atoms with Crippen LogP contribution >= 0.6 is 0 Å². The molecule has 0 aliphatic heterocycles. The van der Waals surface area contributed by atoms with Crippen LogP contribution in [0.25, 0.3) is 16.6 Å². The van der Waals surface area contributed by atoms with Gasteiger partial charge in [-0.25, -0.2) is 9.48 Å². The molecule has 0 radical (unpaired) electrons. The number of carbonyl (C=O) groups is 1. The molecule has 38 heavy (non-hydrogen) atoms. The lowest BCUT2D eigenvalue weighted by molar-refractivity contribution is -0.257. The second-order valence-electron chi connectivity index (χ2n) is 9.53. The Hall–Kier alpha value is -3.89. The quantitative estimate of drug-likeness (QED) is 0.300. The highest BCUT2D eigenvalue weighted by atomic mass is 19.4. The van der Waals surface area contributed by atoms with Crippen LogP contribution in [0.5, 0.6) is 0 Å². The number of carbonyl (C=O) groups excluding carboxylic acids is 1. The number of rotatable bonds is 9. The first-order valence-corrected chi connectivity index (χ1v) is 11.9. The van der Waals surface area contributed by atoms with Gasteiger partial charge in [-0.05, 0) is 62.5 Å². The number of nitrogens with one attached hydrogen (secondary N) is 1. The predicted molar refractivity (Wildman–Crippen MR) is 139 cm³/mol. The molecular formula is C28H29F3N4O3. The topological polar surface area (TPSA) is 79.6 Å². The molecule has 0 saturated carbocycles. The lowest BCUT2D eigenvalue weighted by Gasteiger charge is -2.33. The van der Waals surface area contributed by atoms with E-state index in [1.54, 1.807) is 35.0 Å². The number of aryl methyl sites for hydroxylation is 1. The van der Waals surface area contributed by atoms with Gasteiger partial charge in [0.15, 0.2) is 5.60 Å². The summed E-state index contributed by atoms with van der Waals surface area (Å²) < 4.78 is 48.1. The first-order chi connectivity index (χ1) is 18.0. The van der Waals surface area contributed by atoms with Gasteiger partial charge in [0.25, 0.3) is 0 Å². The zero-order valence-corrected chi connectivity index (χ0v) is 21.3. The zero-order chi connectivity index (χ0) is 27.5. The summed E-state index contributed by atoms with van der Waals surface area (Å²) in [6, 6.07) is 19.7. The molecule has 3 aromatic carbocycles. The molecule has 1 unspecified atom stereocenters. The molecule has 0 amide bonds. The van der Waals surface area contributed by atoms with Crippen molar-refractivity contribution in [3.05, 3.63) is 89.6 Å². The minimum atomic E-state index is -4.83. The van der Waals surface area contributed by atoms with Gasteiger partial charge in [0.05, 0.1) is 29.5 Å². The third-order valence-electron chi connectivity index (χ3n) is 6.05. The SMILES string of the molecule is Cc1cc(NCC(O)(CN(C)C)C(F)(F)F)c2cnn(-c3cccc(C(=O)OCc4ccccc4)c3)c2c1. The van der Waals surface area contributed by atoms with E-state index < -0.39 is 30.8 Å².